The number of amides is 1. The summed E-state index contributed by atoms with van der Waals surface area (Å²) in [5.74, 6) is 1.77. The number of hydrogen-bond acceptors (Lipinski definition) is 4. The van der Waals surface area contributed by atoms with Gasteiger partial charge in [-0.05, 0) is 37.5 Å². The van der Waals surface area contributed by atoms with Gasteiger partial charge in [-0.3, -0.25) is 4.79 Å². The van der Waals surface area contributed by atoms with Gasteiger partial charge in [0.2, 0.25) is 0 Å². The second-order valence-corrected chi connectivity index (χ2v) is 5.31. The van der Waals surface area contributed by atoms with Crippen LogP contribution in [0.3, 0.4) is 0 Å². The second-order valence-electron chi connectivity index (χ2n) is 4.32. The summed E-state index contributed by atoms with van der Waals surface area (Å²) < 4.78 is 5.59. The predicted molar refractivity (Wildman–Crippen MR) is 76.3 cm³/mol. The summed E-state index contributed by atoms with van der Waals surface area (Å²) in [6, 6.07) is 5.43. The highest BCUT2D eigenvalue weighted by molar-refractivity contribution is 7.98. The van der Waals surface area contributed by atoms with Gasteiger partial charge < -0.3 is 15.4 Å². The van der Waals surface area contributed by atoms with Crippen LogP contribution in [0.5, 0.6) is 5.75 Å². The summed E-state index contributed by atoms with van der Waals surface area (Å²) in [5, 5.41) is 0. The quantitative estimate of drug-likeness (QED) is 0.670. The lowest BCUT2D eigenvalue weighted by Crippen LogP contribution is -2.45. The Morgan fingerprint density at radius 3 is 3.00 bits per heavy atom. The Morgan fingerprint density at radius 2 is 2.28 bits per heavy atom. The number of nitrogen functional groups attached to an aromatic ring is 1. The lowest BCUT2D eigenvalue weighted by Gasteiger charge is -2.33. The van der Waals surface area contributed by atoms with Crippen molar-refractivity contribution in [3.05, 3.63) is 18.2 Å². The number of benzene rings is 1. The van der Waals surface area contributed by atoms with Crippen LogP contribution in [0, 0.1) is 0 Å². The Morgan fingerprint density at radius 1 is 1.50 bits per heavy atom. The number of rotatable bonds is 4. The first-order valence-electron chi connectivity index (χ1n) is 6.00. The molecule has 18 heavy (non-hydrogen) atoms. The van der Waals surface area contributed by atoms with E-state index in [1.54, 1.807) is 35.7 Å². The van der Waals surface area contributed by atoms with E-state index in [1.807, 2.05) is 6.07 Å². The molecule has 0 saturated carbocycles. The Labute approximate surface area is 111 Å². The van der Waals surface area contributed by atoms with E-state index in [0.29, 0.717) is 11.4 Å². The fraction of sp³-hybridized carbons (Fsp3) is 0.462. The standard InChI is InChI=1S/C13H18N2O2S/c1-9-13(16)15(6-3-7-18-2)11-5-4-10(14)8-12(11)17-9/h4-5,8-9H,3,6-7,14H2,1-2H3. The minimum absolute atomic E-state index is 0.0216. The number of carbonyl (C=O) groups excluding carboxylic acids is 1. The van der Waals surface area contributed by atoms with E-state index in [9.17, 15) is 4.79 Å². The summed E-state index contributed by atoms with van der Waals surface area (Å²) in [7, 11) is 0. The van der Waals surface area contributed by atoms with Crippen molar-refractivity contribution < 1.29 is 9.53 Å². The van der Waals surface area contributed by atoms with Crippen molar-refractivity contribution in [3.63, 3.8) is 0 Å². The third-order valence-electron chi connectivity index (χ3n) is 2.92. The van der Waals surface area contributed by atoms with Crippen LogP contribution in [-0.2, 0) is 4.79 Å². The van der Waals surface area contributed by atoms with E-state index in [2.05, 4.69) is 6.26 Å². The molecule has 4 nitrogen and oxygen atoms in total. The highest BCUT2D eigenvalue weighted by atomic mass is 32.2. The molecule has 0 aliphatic carbocycles. The number of thioether (sulfide) groups is 1. The van der Waals surface area contributed by atoms with Crippen molar-refractivity contribution in [2.45, 2.75) is 19.4 Å². The van der Waals surface area contributed by atoms with E-state index in [1.165, 1.54) is 0 Å². The first-order chi connectivity index (χ1) is 8.63. The van der Waals surface area contributed by atoms with Crippen LogP contribution in [0.15, 0.2) is 18.2 Å². The van der Waals surface area contributed by atoms with Gasteiger partial charge in [0.15, 0.2) is 6.10 Å². The van der Waals surface area contributed by atoms with Crippen LogP contribution in [-0.4, -0.2) is 30.6 Å². The molecule has 2 rings (SSSR count). The number of ether oxygens (including phenoxy) is 1. The molecule has 5 heteroatoms. The maximum atomic E-state index is 12.1. The molecule has 1 heterocycles. The maximum Gasteiger partial charge on any atom is 0.267 e. The van der Waals surface area contributed by atoms with Gasteiger partial charge in [-0.2, -0.15) is 11.8 Å². The van der Waals surface area contributed by atoms with Gasteiger partial charge in [0, 0.05) is 18.3 Å². The van der Waals surface area contributed by atoms with Gasteiger partial charge in [0.1, 0.15) is 5.75 Å². The van der Waals surface area contributed by atoms with Gasteiger partial charge in [-0.25, -0.2) is 0 Å². The average molecular weight is 266 g/mol. The van der Waals surface area contributed by atoms with Crippen LogP contribution in [0.4, 0.5) is 11.4 Å². The third-order valence-corrected chi connectivity index (χ3v) is 3.62. The van der Waals surface area contributed by atoms with E-state index in [4.69, 9.17) is 10.5 Å². The zero-order valence-corrected chi connectivity index (χ0v) is 11.5. The topological polar surface area (TPSA) is 55.6 Å². The number of anilines is 2. The SMILES string of the molecule is CSCCCN1C(=O)C(C)Oc2cc(N)ccc21. The molecule has 1 aliphatic rings. The molecule has 0 fully saturated rings. The smallest absolute Gasteiger partial charge is 0.267 e. The summed E-state index contributed by atoms with van der Waals surface area (Å²) in [6.07, 6.45) is 2.61. The third kappa shape index (κ3) is 2.56. The normalized spacial score (nSPS) is 18.4. The number of fused-ring (bicyclic) bond motifs is 1. The van der Waals surface area contributed by atoms with Gasteiger partial charge in [-0.1, -0.05) is 0 Å². The summed E-state index contributed by atoms with van der Waals surface area (Å²) >= 11 is 1.79. The average Bonchev–Trinajstić information content (AvgIpc) is 2.34. The van der Waals surface area contributed by atoms with Crippen molar-refractivity contribution in [2.24, 2.45) is 0 Å². The van der Waals surface area contributed by atoms with Crippen molar-refractivity contribution in [2.75, 3.05) is 29.2 Å². The van der Waals surface area contributed by atoms with Crippen LogP contribution in [0.25, 0.3) is 0 Å². The van der Waals surface area contributed by atoms with E-state index >= 15 is 0 Å². The van der Waals surface area contributed by atoms with E-state index < -0.39 is 6.10 Å². The lowest BCUT2D eigenvalue weighted by atomic mass is 10.1. The zero-order valence-electron chi connectivity index (χ0n) is 10.7. The molecule has 1 amide bonds. The number of carbonyl (C=O) groups is 1. The predicted octanol–water partition coefficient (Wildman–Crippen LogP) is 2.14. The van der Waals surface area contributed by atoms with Crippen molar-refractivity contribution >= 4 is 29.0 Å². The highest BCUT2D eigenvalue weighted by Gasteiger charge is 2.30. The fourth-order valence-electron chi connectivity index (χ4n) is 2.02. The monoisotopic (exact) mass is 266 g/mol. The molecule has 1 aromatic rings. The zero-order chi connectivity index (χ0) is 13.1. The Kier molecular flexibility index (Phi) is 4.01. The molecule has 0 aromatic heterocycles. The minimum atomic E-state index is -0.437. The molecule has 1 atom stereocenters. The van der Waals surface area contributed by atoms with E-state index in [-0.39, 0.29) is 5.91 Å². The minimum Gasteiger partial charge on any atom is -0.479 e. The van der Waals surface area contributed by atoms with Crippen LogP contribution < -0.4 is 15.4 Å². The molecular weight excluding hydrogens is 248 g/mol. The Balaban J connectivity index is 2.24. The summed E-state index contributed by atoms with van der Waals surface area (Å²) in [5.41, 5.74) is 7.22. The summed E-state index contributed by atoms with van der Waals surface area (Å²) in [6.45, 7) is 2.50. The Hall–Kier alpha value is -1.36. The molecular formula is C13H18N2O2S. The van der Waals surface area contributed by atoms with Gasteiger partial charge in [0.25, 0.3) is 5.91 Å². The molecule has 1 aromatic carbocycles. The molecule has 1 aliphatic heterocycles. The maximum absolute atomic E-state index is 12.1. The van der Waals surface area contributed by atoms with Crippen molar-refractivity contribution in [1.82, 2.24) is 0 Å². The molecule has 98 valence electrons. The van der Waals surface area contributed by atoms with Crippen LogP contribution >= 0.6 is 11.8 Å². The molecule has 0 saturated heterocycles. The highest BCUT2D eigenvalue weighted by Crippen LogP contribution is 2.35. The van der Waals surface area contributed by atoms with Gasteiger partial charge in [0.05, 0.1) is 5.69 Å². The van der Waals surface area contributed by atoms with Crippen molar-refractivity contribution in [1.29, 1.82) is 0 Å². The summed E-state index contributed by atoms with van der Waals surface area (Å²) in [4.78, 5) is 13.9. The molecule has 1 unspecified atom stereocenters. The second kappa shape index (κ2) is 5.52. The molecule has 0 spiro atoms. The molecule has 2 N–H and O–H groups in total. The number of nitrogens with zero attached hydrogens (tertiary/aromatic N) is 1. The number of nitrogens with two attached hydrogens (primary N) is 1. The fourth-order valence-corrected chi connectivity index (χ4v) is 2.44. The lowest BCUT2D eigenvalue weighted by molar-refractivity contribution is -0.125. The van der Waals surface area contributed by atoms with Crippen LogP contribution in [0.2, 0.25) is 0 Å². The van der Waals surface area contributed by atoms with Gasteiger partial charge >= 0.3 is 0 Å². The number of hydrogen-bond donors (Lipinski definition) is 1. The van der Waals surface area contributed by atoms with Crippen molar-refractivity contribution in [3.8, 4) is 5.75 Å². The molecule has 0 radical (unpaired) electrons. The Bertz CT molecular complexity index is 451. The van der Waals surface area contributed by atoms with Crippen LogP contribution in [0.1, 0.15) is 13.3 Å². The first kappa shape index (κ1) is 13.1. The van der Waals surface area contributed by atoms with E-state index in [0.717, 1.165) is 24.4 Å². The van der Waals surface area contributed by atoms with Gasteiger partial charge in [-0.15, -0.1) is 0 Å². The first-order valence-corrected chi connectivity index (χ1v) is 7.39. The largest absolute Gasteiger partial charge is 0.479 e. The molecule has 0 bridgehead atoms.